The molecule has 1 unspecified atom stereocenters. The summed E-state index contributed by atoms with van der Waals surface area (Å²) in [5.41, 5.74) is 2.68. The van der Waals surface area contributed by atoms with E-state index >= 15 is 0 Å². The number of halogens is 1. The van der Waals surface area contributed by atoms with Crippen molar-refractivity contribution in [2.45, 2.75) is 32.0 Å². The SMILES string of the molecule is Cc1cnccc1CC(Br)C(C)C. The van der Waals surface area contributed by atoms with Gasteiger partial charge in [0.1, 0.15) is 0 Å². The summed E-state index contributed by atoms with van der Waals surface area (Å²) in [7, 11) is 0. The molecule has 0 saturated carbocycles. The van der Waals surface area contributed by atoms with Crippen molar-refractivity contribution in [2.24, 2.45) is 5.92 Å². The number of aromatic nitrogens is 1. The third kappa shape index (κ3) is 3.11. The van der Waals surface area contributed by atoms with Crippen LogP contribution < -0.4 is 0 Å². The van der Waals surface area contributed by atoms with E-state index in [-0.39, 0.29) is 0 Å². The van der Waals surface area contributed by atoms with E-state index in [4.69, 9.17) is 0 Å². The van der Waals surface area contributed by atoms with Crippen LogP contribution in [0, 0.1) is 12.8 Å². The minimum absolute atomic E-state index is 0.564. The van der Waals surface area contributed by atoms with Crippen LogP contribution in [-0.2, 0) is 6.42 Å². The van der Waals surface area contributed by atoms with Crippen LogP contribution in [0.15, 0.2) is 18.5 Å². The maximum Gasteiger partial charge on any atom is 0.0299 e. The molecule has 1 heterocycles. The lowest BCUT2D eigenvalue weighted by Gasteiger charge is -2.14. The fourth-order valence-corrected chi connectivity index (χ4v) is 1.53. The fraction of sp³-hybridized carbons (Fsp3) is 0.545. The first kappa shape index (κ1) is 10.7. The third-order valence-corrected chi connectivity index (χ3v) is 3.66. The largest absolute Gasteiger partial charge is 0.264 e. The first-order valence-electron chi connectivity index (χ1n) is 4.65. The van der Waals surface area contributed by atoms with Gasteiger partial charge >= 0.3 is 0 Å². The Hall–Kier alpha value is -0.370. The molecular formula is C11H16BrN. The molecule has 2 heteroatoms. The summed E-state index contributed by atoms with van der Waals surface area (Å²) in [6, 6.07) is 2.10. The van der Waals surface area contributed by atoms with Crippen molar-refractivity contribution in [3.05, 3.63) is 29.6 Å². The summed E-state index contributed by atoms with van der Waals surface area (Å²) in [6.45, 7) is 6.58. The number of hydrogen-bond donors (Lipinski definition) is 0. The van der Waals surface area contributed by atoms with E-state index in [1.165, 1.54) is 11.1 Å². The van der Waals surface area contributed by atoms with Gasteiger partial charge in [-0.3, -0.25) is 4.98 Å². The van der Waals surface area contributed by atoms with E-state index in [1.54, 1.807) is 0 Å². The summed E-state index contributed by atoms with van der Waals surface area (Å²) in [5, 5.41) is 0. The average molecular weight is 242 g/mol. The predicted octanol–water partition coefficient (Wildman–Crippen LogP) is 3.35. The number of hydrogen-bond acceptors (Lipinski definition) is 1. The van der Waals surface area contributed by atoms with Crippen LogP contribution in [0.3, 0.4) is 0 Å². The minimum Gasteiger partial charge on any atom is -0.264 e. The first-order chi connectivity index (χ1) is 6.11. The lowest BCUT2D eigenvalue weighted by Crippen LogP contribution is -2.11. The second kappa shape index (κ2) is 4.75. The quantitative estimate of drug-likeness (QED) is 0.740. The van der Waals surface area contributed by atoms with Gasteiger partial charge in [0.25, 0.3) is 0 Å². The Morgan fingerprint density at radius 3 is 2.69 bits per heavy atom. The van der Waals surface area contributed by atoms with Gasteiger partial charge in [-0.1, -0.05) is 29.8 Å². The molecule has 0 aromatic carbocycles. The molecule has 0 N–H and O–H groups in total. The van der Waals surface area contributed by atoms with E-state index in [9.17, 15) is 0 Å². The Morgan fingerprint density at radius 2 is 2.15 bits per heavy atom. The molecule has 0 aliphatic heterocycles. The van der Waals surface area contributed by atoms with Gasteiger partial charge in [0.2, 0.25) is 0 Å². The highest BCUT2D eigenvalue weighted by atomic mass is 79.9. The summed E-state index contributed by atoms with van der Waals surface area (Å²) < 4.78 is 0. The van der Waals surface area contributed by atoms with Crippen molar-refractivity contribution in [1.82, 2.24) is 4.98 Å². The van der Waals surface area contributed by atoms with Crippen LogP contribution >= 0.6 is 15.9 Å². The molecule has 0 fully saturated rings. The zero-order chi connectivity index (χ0) is 9.84. The maximum atomic E-state index is 4.08. The lowest BCUT2D eigenvalue weighted by molar-refractivity contribution is 0.612. The van der Waals surface area contributed by atoms with Gasteiger partial charge in [0.15, 0.2) is 0 Å². The Bertz CT molecular complexity index is 271. The molecule has 13 heavy (non-hydrogen) atoms. The van der Waals surface area contributed by atoms with Crippen LogP contribution in [0.1, 0.15) is 25.0 Å². The van der Waals surface area contributed by atoms with E-state index in [0.29, 0.717) is 10.7 Å². The smallest absolute Gasteiger partial charge is 0.0299 e. The van der Waals surface area contributed by atoms with E-state index in [1.807, 2.05) is 12.4 Å². The lowest BCUT2D eigenvalue weighted by atomic mass is 10.0. The molecule has 0 aliphatic rings. The highest BCUT2D eigenvalue weighted by Crippen LogP contribution is 2.19. The molecule has 0 bridgehead atoms. The molecule has 1 aromatic rings. The van der Waals surface area contributed by atoms with Gasteiger partial charge in [-0.25, -0.2) is 0 Å². The summed E-state index contributed by atoms with van der Waals surface area (Å²) >= 11 is 3.69. The number of aryl methyl sites for hydroxylation is 1. The highest BCUT2D eigenvalue weighted by Gasteiger charge is 2.10. The van der Waals surface area contributed by atoms with E-state index < -0.39 is 0 Å². The highest BCUT2D eigenvalue weighted by molar-refractivity contribution is 9.09. The Balaban J connectivity index is 2.69. The number of pyridine rings is 1. The zero-order valence-corrected chi connectivity index (χ0v) is 10.0. The molecule has 72 valence electrons. The van der Waals surface area contributed by atoms with Crippen LogP contribution in [-0.4, -0.2) is 9.81 Å². The van der Waals surface area contributed by atoms with Gasteiger partial charge in [0, 0.05) is 17.2 Å². The normalized spacial score (nSPS) is 13.3. The second-order valence-corrected chi connectivity index (χ2v) is 4.94. The molecule has 0 saturated heterocycles. The Labute approximate surface area is 88.7 Å². The molecule has 0 spiro atoms. The predicted molar refractivity (Wildman–Crippen MR) is 60.2 cm³/mol. The van der Waals surface area contributed by atoms with Crippen molar-refractivity contribution in [3.8, 4) is 0 Å². The van der Waals surface area contributed by atoms with Crippen LogP contribution in [0.4, 0.5) is 0 Å². The number of alkyl halides is 1. The standard InChI is InChI=1S/C11H16BrN/c1-8(2)11(12)6-10-4-5-13-7-9(10)3/h4-5,7-8,11H,6H2,1-3H3. The van der Waals surface area contributed by atoms with Crippen molar-refractivity contribution < 1.29 is 0 Å². The van der Waals surface area contributed by atoms with Gasteiger partial charge in [-0.05, 0) is 36.5 Å². The van der Waals surface area contributed by atoms with Crippen LogP contribution in [0.25, 0.3) is 0 Å². The van der Waals surface area contributed by atoms with Crippen LogP contribution in [0.5, 0.6) is 0 Å². The Kier molecular flexibility index (Phi) is 3.91. The number of rotatable bonds is 3. The first-order valence-corrected chi connectivity index (χ1v) is 5.56. The van der Waals surface area contributed by atoms with E-state index in [0.717, 1.165) is 6.42 Å². The second-order valence-electron chi connectivity index (χ2n) is 3.77. The van der Waals surface area contributed by atoms with Crippen molar-refractivity contribution in [1.29, 1.82) is 0 Å². The van der Waals surface area contributed by atoms with Gasteiger partial charge in [-0.2, -0.15) is 0 Å². The molecule has 0 amide bonds. The Morgan fingerprint density at radius 1 is 1.46 bits per heavy atom. The molecule has 1 nitrogen and oxygen atoms in total. The van der Waals surface area contributed by atoms with Gasteiger partial charge < -0.3 is 0 Å². The van der Waals surface area contributed by atoms with Gasteiger partial charge in [0.05, 0.1) is 0 Å². The van der Waals surface area contributed by atoms with Crippen LogP contribution in [0.2, 0.25) is 0 Å². The zero-order valence-electron chi connectivity index (χ0n) is 8.42. The summed E-state index contributed by atoms with van der Waals surface area (Å²) in [5.74, 6) is 0.674. The fourth-order valence-electron chi connectivity index (χ4n) is 1.18. The molecule has 1 aromatic heterocycles. The maximum absolute atomic E-state index is 4.08. The third-order valence-electron chi connectivity index (χ3n) is 2.27. The van der Waals surface area contributed by atoms with E-state index in [2.05, 4.69) is 47.8 Å². The summed E-state index contributed by atoms with van der Waals surface area (Å²) in [6.07, 6.45) is 4.88. The summed E-state index contributed by atoms with van der Waals surface area (Å²) in [4.78, 5) is 4.65. The average Bonchev–Trinajstić information content (AvgIpc) is 2.08. The topological polar surface area (TPSA) is 12.9 Å². The van der Waals surface area contributed by atoms with Gasteiger partial charge in [-0.15, -0.1) is 0 Å². The molecule has 1 rings (SSSR count). The van der Waals surface area contributed by atoms with Crippen molar-refractivity contribution in [2.75, 3.05) is 0 Å². The molecule has 0 radical (unpaired) electrons. The number of nitrogens with zero attached hydrogens (tertiary/aromatic N) is 1. The molecular weight excluding hydrogens is 226 g/mol. The molecule has 1 atom stereocenters. The molecule has 0 aliphatic carbocycles. The monoisotopic (exact) mass is 241 g/mol. The van der Waals surface area contributed by atoms with Crippen molar-refractivity contribution in [3.63, 3.8) is 0 Å². The van der Waals surface area contributed by atoms with Crippen molar-refractivity contribution >= 4 is 15.9 Å². The minimum atomic E-state index is 0.564.